The summed E-state index contributed by atoms with van der Waals surface area (Å²) < 4.78 is 23.8. The summed E-state index contributed by atoms with van der Waals surface area (Å²) in [7, 11) is 3.07. The van der Waals surface area contributed by atoms with Crippen molar-refractivity contribution >= 4 is 5.95 Å². The van der Waals surface area contributed by atoms with E-state index in [1.807, 2.05) is 6.92 Å². The van der Waals surface area contributed by atoms with E-state index in [1.165, 1.54) is 13.2 Å². The first-order chi connectivity index (χ1) is 9.12. The molecule has 0 radical (unpaired) electrons. The molecule has 2 aromatic rings. The molecule has 0 saturated carbocycles. The fraction of sp³-hybridized carbons (Fsp3) is 0.250. The zero-order chi connectivity index (χ0) is 13.8. The van der Waals surface area contributed by atoms with Crippen molar-refractivity contribution in [3.8, 4) is 17.8 Å². The first-order valence-corrected chi connectivity index (χ1v) is 5.54. The Morgan fingerprint density at radius 2 is 1.89 bits per heavy atom. The van der Waals surface area contributed by atoms with E-state index in [0.717, 1.165) is 5.56 Å². The second-order valence-electron chi connectivity index (χ2n) is 3.71. The number of ether oxygens (including phenoxy) is 2. The molecule has 0 atom stereocenters. The number of nitrogens with zero attached hydrogens (tertiary/aromatic N) is 3. The molecule has 0 bridgehead atoms. The third-order valence-electron chi connectivity index (χ3n) is 2.29. The topological polar surface area (TPSA) is 69.2 Å². The molecule has 0 fully saturated rings. The number of aromatic nitrogens is 3. The summed E-state index contributed by atoms with van der Waals surface area (Å²) in [4.78, 5) is 11.8. The van der Waals surface area contributed by atoms with Gasteiger partial charge in [0.05, 0.1) is 7.11 Å². The maximum Gasteiger partial charge on any atom is 0.330 e. The molecule has 2 rings (SSSR count). The van der Waals surface area contributed by atoms with Crippen molar-refractivity contribution in [2.24, 2.45) is 0 Å². The zero-order valence-corrected chi connectivity index (χ0v) is 10.8. The lowest BCUT2D eigenvalue weighted by Gasteiger charge is -2.08. The highest BCUT2D eigenvalue weighted by atomic mass is 19.1. The molecule has 0 amide bonds. The van der Waals surface area contributed by atoms with Gasteiger partial charge in [0.1, 0.15) is 0 Å². The van der Waals surface area contributed by atoms with E-state index in [-0.39, 0.29) is 23.7 Å². The van der Waals surface area contributed by atoms with Crippen LogP contribution < -0.4 is 14.8 Å². The van der Waals surface area contributed by atoms with Crippen LogP contribution in [0.2, 0.25) is 0 Å². The summed E-state index contributed by atoms with van der Waals surface area (Å²) in [5.41, 5.74) is 0.867. The lowest BCUT2D eigenvalue weighted by atomic mass is 10.2. The van der Waals surface area contributed by atoms with Gasteiger partial charge in [0.2, 0.25) is 5.95 Å². The van der Waals surface area contributed by atoms with Crippen LogP contribution in [0.25, 0.3) is 0 Å². The maximum absolute atomic E-state index is 13.6. The Balaban J connectivity index is 2.34. The fourth-order valence-electron chi connectivity index (χ4n) is 1.37. The molecule has 0 spiro atoms. The average Bonchev–Trinajstić information content (AvgIpc) is 2.42. The van der Waals surface area contributed by atoms with Gasteiger partial charge in [-0.2, -0.15) is 9.97 Å². The Bertz CT molecular complexity index is 570. The SMILES string of the molecule is CNc1nc(OC)nc(Oc2cc(C)ccc2F)n1. The van der Waals surface area contributed by atoms with E-state index in [9.17, 15) is 4.39 Å². The van der Waals surface area contributed by atoms with Crippen LogP contribution >= 0.6 is 0 Å². The second kappa shape index (κ2) is 5.47. The molecule has 1 heterocycles. The number of rotatable bonds is 4. The van der Waals surface area contributed by atoms with Crippen LogP contribution in [0.1, 0.15) is 5.56 Å². The van der Waals surface area contributed by atoms with E-state index >= 15 is 0 Å². The molecule has 1 N–H and O–H groups in total. The Morgan fingerprint density at radius 3 is 2.58 bits per heavy atom. The number of halogens is 1. The van der Waals surface area contributed by atoms with Crippen LogP contribution in [0, 0.1) is 12.7 Å². The first-order valence-electron chi connectivity index (χ1n) is 5.54. The predicted octanol–water partition coefficient (Wildman–Crippen LogP) is 2.16. The summed E-state index contributed by atoms with van der Waals surface area (Å²) in [5.74, 6) is -0.166. The van der Waals surface area contributed by atoms with Gasteiger partial charge in [0.25, 0.3) is 0 Å². The Morgan fingerprint density at radius 1 is 1.16 bits per heavy atom. The molecule has 1 aromatic heterocycles. The van der Waals surface area contributed by atoms with Gasteiger partial charge in [-0.25, -0.2) is 4.39 Å². The van der Waals surface area contributed by atoms with E-state index in [0.29, 0.717) is 0 Å². The molecule has 0 aliphatic heterocycles. The van der Waals surface area contributed by atoms with Crippen molar-refractivity contribution in [2.75, 3.05) is 19.5 Å². The molecule has 0 unspecified atom stereocenters. The van der Waals surface area contributed by atoms with Crippen molar-refractivity contribution in [3.05, 3.63) is 29.6 Å². The minimum Gasteiger partial charge on any atom is -0.467 e. The number of benzene rings is 1. The van der Waals surface area contributed by atoms with Gasteiger partial charge in [-0.3, -0.25) is 0 Å². The Labute approximate surface area is 109 Å². The maximum atomic E-state index is 13.6. The second-order valence-corrected chi connectivity index (χ2v) is 3.71. The summed E-state index contributed by atoms with van der Waals surface area (Å²) in [6.07, 6.45) is 0. The highest BCUT2D eigenvalue weighted by molar-refractivity contribution is 5.33. The monoisotopic (exact) mass is 264 g/mol. The molecular weight excluding hydrogens is 251 g/mol. The van der Waals surface area contributed by atoms with Crippen LogP contribution in [-0.2, 0) is 0 Å². The molecule has 6 nitrogen and oxygen atoms in total. The van der Waals surface area contributed by atoms with Gasteiger partial charge in [-0.15, -0.1) is 4.98 Å². The average molecular weight is 264 g/mol. The van der Waals surface area contributed by atoms with Gasteiger partial charge in [0.15, 0.2) is 11.6 Å². The Kier molecular flexibility index (Phi) is 3.74. The standard InChI is InChI=1S/C12H13FN4O2/c1-7-4-5-8(13)9(6-7)19-12-16-10(14-2)15-11(17-12)18-3/h4-6H,1-3H3,(H,14,15,16,17). The number of nitrogens with one attached hydrogen (secondary N) is 1. The molecular formula is C12H13FN4O2. The summed E-state index contributed by atoms with van der Waals surface area (Å²) in [6, 6.07) is 4.57. The molecule has 19 heavy (non-hydrogen) atoms. The van der Waals surface area contributed by atoms with Crippen LogP contribution in [-0.4, -0.2) is 29.1 Å². The van der Waals surface area contributed by atoms with Crippen molar-refractivity contribution in [3.63, 3.8) is 0 Å². The van der Waals surface area contributed by atoms with Crippen molar-refractivity contribution < 1.29 is 13.9 Å². The molecule has 0 aliphatic rings. The molecule has 100 valence electrons. The van der Waals surface area contributed by atoms with Crippen LogP contribution in [0.3, 0.4) is 0 Å². The van der Waals surface area contributed by atoms with Crippen molar-refractivity contribution in [1.29, 1.82) is 0 Å². The Hall–Kier alpha value is -2.44. The van der Waals surface area contributed by atoms with E-state index in [2.05, 4.69) is 20.3 Å². The number of hydrogen-bond acceptors (Lipinski definition) is 6. The number of hydrogen-bond donors (Lipinski definition) is 1. The quantitative estimate of drug-likeness (QED) is 0.912. The normalized spacial score (nSPS) is 10.1. The third kappa shape index (κ3) is 3.06. The highest BCUT2D eigenvalue weighted by Gasteiger charge is 2.11. The minimum atomic E-state index is -0.490. The summed E-state index contributed by atoms with van der Waals surface area (Å²) >= 11 is 0. The molecule has 0 aliphatic carbocycles. The van der Waals surface area contributed by atoms with E-state index in [4.69, 9.17) is 9.47 Å². The predicted molar refractivity (Wildman–Crippen MR) is 67.1 cm³/mol. The number of anilines is 1. The van der Waals surface area contributed by atoms with Crippen molar-refractivity contribution in [1.82, 2.24) is 15.0 Å². The first kappa shape index (κ1) is 13.0. The minimum absolute atomic E-state index is 0.0410. The highest BCUT2D eigenvalue weighted by Crippen LogP contribution is 2.24. The molecule has 1 aromatic carbocycles. The largest absolute Gasteiger partial charge is 0.467 e. The summed E-state index contributed by atoms with van der Waals surface area (Å²) in [6.45, 7) is 1.83. The van der Waals surface area contributed by atoms with Gasteiger partial charge < -0.3 is 14.8 Å². The molecule has 7 heteroatoms. The van der Waals surface area contributed by atoms with Gasteiger partial charge in [-0.1, -0.05) is 6.07 Å². The number of aryl methyl sites for hydroxylation is 1. The van der Waals surface area contributed by atoms with E-state index in [1.54, 1.807) is 19.2 Å². The fourth-order valence-corrected chi connectivity index (χ4v) is 1.37. The van der Waals surface area contributed by atoms with Crippen molar-refractivity contribution in [2.45, 2.75) is 6.92 Å². The van der Waals surface area contributed by atoms with Gasteiger partial charge in [0, 0.05) is 7.05 Å². The van der Waals surface area contributed by atoms with Crippen LogP contribution in [0.15, 0.2) is 18.2 Å². The van der Waals surface area contributed by atoms with Crippen LogP contribution in [0.5, 0.6) is 17.8 Å². The summed E-state index contributed by atoms with van der Waals surface area (Å²) in [5, 5.41) is 2.74. The van der Waals surface area contributed by atoms with E-state index < -0.39 is 5.82 Å². The molecule has 0 saturated heterocycles. The van der Waals surface area contributed by atoms with Gasteiger partial charge >= 0.3 is 12.0 Å². The lowest BCUT2D eigenvalue weighted by molar-refractivity contribution is 0.355. The lowest BCUT2D eigenvalue weighted by Crippen LogP contribution is -2.03. The number of methoxy groups -OCH3 is 1. The third-order valence-corrected chi connectivity index (χ3v) is 2.29. The van der Waals surface area contributed by atoms with Gasteiger partial charge in [-0.05, 0) is 24.6 Å². The zero-order valence-electron chi connectivity index (χ0n) is 10.8. The smallest absolute Gasteiger partial charge is 0.330 e. The van der Waals surface area contributed by atoms with Crippen LogP contribution in [0.4, 0.5) is 10.3 Å².